The average molecular weight is 417 g/mol. The molecule has 1 atom stereocenters. The van der Waals surface area contributed by atoms with Crippen LogP contribution in [-0.2, 0) is 26.2 Å². The van der Waals surface area contributed by atoms with Crippen LogP contribution < -0.4 is 0 Å². The standard InChI is InChI=1S/C16H14.C9H11.Zr/c1-3-9-15(10-4-1)13-7-8-14-16-11-5-2-6-12-16;1-2-5-9-7-3-6-8(9)4-1;/h1-14H;1-2,4,6,9H,3,5,7H2;/q;-1;. The van der Waals surface area contributed by atoms with Crippen molar-refractivity contribution in [2.75, 3.05) is 0 Å². The van der Waals surface area contributed by atoms with Gasteiger partial charge in [-0.3, -0.25) is 0 Å². The summed E-state index contributed by atoms with van der Waals surface area (Å²) in [5.74, 6) is 0.884. The third-order valence-electron chi connectivity index (χ3n) is 4.50. The van der Waals surface area contributed by atoms with E-state index in [1.54, 1.807) is 5.57 Å². The molecule has 26 heavy (non-hydrogen) atoms. The Balaban J connectivity index is 0.000000206. The first-order valence-electron chi connectivity index (χ1n) is 9.06. The van der Waals surface area contributed by atoms with Crippen LogP contribution in [0, 0.1) is 12.3 Å². The molecular formula is C25H25Zr-. The average Bonchev–Trinajstić information content (AvgIpc) is 3.16. The van der Waals surface area contributed by atoms with Crippen LogP contribution in [0.5, 0.6) is 0 Å². The largest absolute Gasteiger partial charge is 0.227 e. The smallest absolute Gasteiger partial charge is 0 e. The van der Waals surface area contributed by atoms with Crippen LogP contribution in [0.3, 0.4) is 0 Å². The minimum Gasteiger partial charge on any atom is -0.227 e. The Morgan fingerprint density at radius 3 is 1.92 bits per heavy atom. The van der Waals surface area contributed by atoms with E-state index in [4.69, 9.17) is 0 Å². The van der Waals surface area contributed by atoms with Crippen LogP contribution in [-0.4, -0.2) is 0 Å². The zero-order chi connectivity index (χ0) is 17.2. The van der Waals surface area contributed by atoms with E-state index in [2.05, 4.69) is 73.2 Å². The monoisotopic (exact) mass is 415 g/mol. The molecule has 1 unspecified atom stereocenters. The van der Waals surface area contributed by atoms with Crippen LogP contribution in [0.1, 0.15) is 30.4 Å². The summed E-state index contributed by atoms with van der Waals surface area (Å²) in [6.07, 6.45) is 21.3. The molecule has 2 aromatic rings. The second-order valence-electron chi connectivity index (χ2n) is 6.35. The second kappa shape index (κ2) is 11.7. The first kappa shape index (κ1) is 20.5. The molecule has 2 aliphatic carbocycles. The van der Waals surface area contributed by atoms with Gasteiger partial charge in [0.15, 0.2) is 0 Å². The first-order chi connectivity index (χ1) is 12.4. The summed E-state index contributed by atoms with van der Waals surface area (Å²) >= 11 is 0. The van der Waals surface area contributed by atoms with Gasteiger partial charge in [0.2, 0.25) is 0 Å². The van der Waals surface area contributed by atoms with Crippen molar-refractivity contribution >= 4 is 12.2 Å². The summed E-state index contributed by atoms with van der Waals surface area (Å²) in [7, 11) is 0. The summed E-state index contributed by atoms with van der Waals surface area (Å²) in [6.45, 7) is 0. The Kier molecular flexibility index (Phi) is 9.22. The maximum Gasteiger partial charge on any atom is 0 e. The van der Waals surface area contributed by atoms with Gasteiger partial charge in [0.05, 0.1) is 0 Å². The molecule has 0 amide bonds. The first-order valence-corrected chi connectivity index (χ1v) is 9.06. The molecule has 0 spiro atoms. The van der Waals surface area contributed by atoms with E-state index in [0.29, 0.717) is 0 Å². The fourth-order valence-corrected chi connectivity index (χ4v) is 3.13. The molecule has 0 N–H and O–H groups in total. The summed E-state index contributed by atoms with van der Waals surface area (Å²) in [4.78, 5) is 0. The molecule has 1 heteroatoms. The van der Waals surface area contributed by atoms with Crippen molar-refractivity contribution in [2.24, 2.45) is 5.92 Å². The molecular weight excluding hydrogens is 391 g/mol. The van der Waals surface area contributed by atoms with Gasteiger partial charge in [-0.1, -0.05) is 91.4 Å². The van der Waals surface area contributed by atoms with Crippen LogP contribution in [0.4, 0.5) is 0 Å². The van der Waals surface area contributed by atoms with Crippen molar-refractivity contribution in [3.8, 4) is 0 Å². The summed E-state index contributed by atoms with van der Waals surface area (Å²) < 4.78 is 0. The molecule has 4 rings (SSSR count). The normalized spacial score (nSPS) is 17.7. The Hall–Kier alpha value is -1.85. The Labute approximate surface area is 177 Å². The van der Waals surface area contributed by atoms with E-state index < -0.39 is 0 Å². The Bertz CT molecular complexity index is 704. The van der Waals surface area contributed by atoms with Gasteiger partial charge in [-0.25, -0.2) is 18.1 Å². The number of allylic oxidation sites excluding steroid dienone is 6. The van der Waals surface area contributed by atoms with E-state index in [9.17, 15) is 0 Å². The predicted octanol–water partition coefficient (Wildman–Crippen LogP) is 6.90. The van der Waals surface area contributed by atoms with Gasteiger partial charge in [0.25, 0.3) is 0 Å². The molecule has 0 aliphatic heterocycles. The van der Waals surface area contributed by atoms with Gasteiger partial charge in [-0.15, -0.1) is 18.6 Å². The molecule has 0 radical (unpaired) electrons. The molecule has 0 bridgehead atoms. The van der Waals surface area contributed by atoms with E-state index in [1.165, 1.54) is 30.4 Å². The van der Waals surface area contributed by atoms with Crippen molar-refractivity contribution in [1.29, 1.82) is 0 Å². The predicted molar refractivity (Wildman–Crippen MR) is 110 cm³/mol. The van der Waals surface area contributed by atoms with Crippen LogP contribution in [0.25, 0.3) is 12.2 Å². The number of rotatable bonds is 3. The number of hydrogen-bond donors (Lipinski definition) is 0. The van der Waals surface area contributed by atoms with Crippen LogP contribution in [0.15, 0.2) is 96.6 Å². The number of hydrogen-bond acceptors (Lipinski definition) is 0. The third kappa shape index (κ3) is 6.81. The Morgan fingerprint density at radius 2 is 1.38 bits per heavy atom. The summed E-state index contributed by atoms with van der Waals surface area (Å²) in [5.41, 5.74) is 4.03. The third-order valence-corrected chi connectivity index (χ3v) is 4.50. The van der Waals surface area contributed by atoms with Gasteiger partial charge in [-0.2, -0.15) is 0 Å². The van der Waals surface area contributed by atoms with Crippen LogP contribution in [0.2, 0.25) is 0 Å². The fourth-order valence-electron chi connectivity index (χ4n) is 3.13. The minimum absolute atomic E-state index is 0. The topological polar surface area (TPSA) is 0 Å². The molecule has 2 aliphatic rings. The molecule has 1 saturated carbocycles. The van der Waals surface area contributed by atoms with Crippen molar-refractivity contribution in [2.45, 2.75) is 19.3 Å². The van der Waals surface area contributed by atoms with Gasteiger partial charge >= 0.3 is 0 Å². The van der Waals surface area contributed by atoms with E-state index in [1.807, 2.05) is 36.4 Å². The van der Waals surface area contributed by atoms with Crippen molar-refractivity contribution in [3.05, 3.63) is 114 Å². The maximum atomic E-state index is 2.37. The van der Waals surface area contributed by atoms with Gasteiger partial charge in [-0.05, 0) is 23.5 Å². The molecule has 0 aromatic heterocycles. The Morgan fingerprint density at radius 1 is 0.808 bits per heavy atom. The molecule has 0 saturated heterocycles. The molecule has 130 valence electrons. The van der Waals surface area contributed by atoms with E-state index in [0.717, 1.165) is 5.92 Å². The fraction of sp³-hybridized carbons (Fsp3) is 0.160. The number of benzene rings is 2. The maximum absolute atomic E-state index is 2.37. The summed E-state index contributed by atoms with van der Waals surface area (Å²) in [6, 6.07) is 20.6. The molecule has 0 nitrogen and oxygen atoms in total. The SMILES string of the molecule is C(C=Cc1ccccc1)=Cc1ccccc1.C1=CCC2CC[CH-]C2=C1.[Zr]. The minimum atomic E-state index is 0. The van der Waals surface area contributed by atoms with Gasteiger partial charge < -0.3 is 0 Å². The van der Waals surface area contributed by atoms with Crippen molar-refractivity contribution < 1.29 is 26.2 Å². The quantitative estimate of drug-likeness (QED) is 0.377. The van der Waals surface area contributed by atoms with Crippen molar-refractivity contribution in [3.63, 3.8) is 0 Å². The van der Waals surface area contributed by atoms with E-state index in [-0.39, 0.29) is 26.2 Å². The second-order valence-corrected chi connectivity index (χ2v) is 6.35. The molecule has 0 heterocycles. The molecule has 1 fully saturated rings. The summed E-state index contributed by atoms with van der Waals surface area (Å²) in [5, 5.41) is 0. The van der Waals surface area contributed by atoms with Crippen molar-refractivity contribution in [1.82, 2.24) is 0 Å². The van der Waals surface area contributed by atoms with E-state index >= 15 is 0 Å². The zero-order valence-electron chi connectivity index (χ0n) is 15.1. The van der Waals surface area contributed by atoms with Gasteiger partial charge in [0.1, 0.15) is 0 Å². The zero-order valence-corrected chi connectivity index (χ0v) is 17.5. The number of fused-ring (bicyclic) bond motifs is 1. The van der Waals surface area contributed by atoms with Gasteiger partial charge in [0, 0.05) is 26.2 Å². The molecule has 2 aromatic carbocycles. The van der Waals surface area contributed by atoms with Crippen LogP contribution >= 0.6 is 0 Å².